The summed E-state index contributed by atoms with van der Waals surface area (Å²) in [7, 11) is -3.56. The number of sulfonamides is 1. The molecule has 0 atom stereocenters. The van der Waals surface area contributed by atoms with Crippen molar-refractivity contribution in [2.24, 2.45) is 0 Å². The van der Waals surface area contributed by atoms with Gasteiger partial charge < -0.3 is 15.2 Å². The van der Waals surface area contributed by atoms with E-state index in [1.807, 2.05) is 0 Å². The van der Waals surface area contributed by atoms with Gasteiger partial charge in [0.05, 0.1) is 25.1 Å². The smallest absolute Gasteiger partial charge is 0.258 e. The molecule has 2 N–H and O–H groups in total. The number of nitrogens with zero attached hydrogens (tertiary/aromatic N) is 1. The average molecular weight is 396 g/mol. The van der Waals surface area contributed by atoms with E-state index in [4.69, 9.17) is 9.84 Å². The number of hydrogen-bond donors (Lipinski definition) is 2. The fourth-order valence-electron chi connectivity index (χ4n) is 2.26. The second-order valence-corrected chi connectivity index (χ2v) is 7.66. The van der Waals surface area contributed by atoms with Crippen molar-refractivity contribution in [3.05, 3.63) is 59.9 Å². The maximum absolute atomic E-state index is 13.0. The van der Waals surface area contributed by atoms with Crippen molar-refractivity contribution in [2.45, 2.75) is 6.54 Å². The molecule has 27 heavy (non-hydrogen) atoms. The Labute approximate surface area is 157 Å². The van der Waals surface area contributed by atoms with Gasteiger partial charge in [0, 0.05) is 6.54 Å². The highest BCUT2D eigenvalue weighted by molar-refractivity contribution is 7.92. The predicted octanol–water partition coefficient (Wildman–Crippen LogP) is 1.28. The van der Waals surface area contributed by atoms with Gasteiger partial charge in [-0.15, -0.1) is 0 Å². The van der Waals surface area contributed by atoms with Gasteiger partial charge in [-0.05, 0) is 42.0 Å². The molecule has 0 aromatic heterocycles. The molecule has 7 nitrogen and oxygen atoms in total. The van der Waals surface area contributed by atoms with E-state index < -0.39 is 15.8 Å². The first-order chi connectivity index (χ1) is 12.8. The minimum Gasteiger partial charge on any atom is -0.484 e. The van der Waals surface area contributed by atoms with Crippen molar-refractivity contribution >= 4 is 21.6 Å². The summed E-state index contributed by atoms with van der Waals surface area (Å²) in [5.41, 5.74) is 1.06. The van der Waals surface area contributed by atoms with Crippen LogP contribution in [-0.2, 0) is 21.4 Å². The van der Waals surface area contributed by atoms with E-state index in [1.54, 1.807) is 24.3 Å². The van der Waals surface area contributed by atoms with Crippen LogP contribution in [0.15, 0.2) is 48.5 Å². The number of halogens is 1. The highest BCUT2D eigenvalue weighted by Crippen LogP contribution is 2.23. The summed E-state index contributed by atoms with van der Waals surface area (Å²) < 4.78 is 43.8. The van der Waals surface area contributed by atoms with Crippen molar-refractivity contribution in [3.8, 4) is 5.75 Å². The van der Waals surface area contributed by atoms with Crippen molar-refractivity contribution in [3.63, 3.8) is 0 Å². The first-order valence-corrected chi connectivity index (χ1v) is 9.97. The lowest BCUT2D eigenvalue weighted by Crippen LogP contribution is -2.31. The molecule has 146 valence electrons. The fourth-order valence-corrected chi connectivity index (χ4v) is 3.15. The predicted molar refractivity (Wildman–Crippen MR) is 99.5 cm³/mol. The zero-order valence-corrected chi connectivity index (χ0v) is 15.6. The van der Waals surface area contributed by atoms with Gasteiger partial charge >= 0.3 is 0 Å². The van der Waals surface area contributed by atoms with Gasteiger partial charge in [0.15, 0.2) is 6.61 Å². The van der Waals surface area contributed by atoms with E-state index >= 15 is 0 Å². The van der Waals surface area contributed by atoms with E-state index in [9.17, 15) is 17.6 Å². The monoisotopic (exact) mass is 396 g/mol. The normalized spacial score (nSPS) is 11.1. The number of hydrogen-bond acceptors (Lipinski definition) is 5. The molecule has 1 amide bonds. The second-order valence-electron chi connectivity index (χ2n) is 5.75. The Balaban J connectivity index is 2.08. The van der Waals surface area contributed by atoms with Crippen LogP contribution in [0.25, 0.3) is 0 Å². The first-order valence-electron chi connectivity index (χ1n) is 8.12. The number of nitrogens with one attached hydrogen (secondary N) is 1. The molecule has 0 aliphatic carbocycles. The number of ether oxygens (including phenoxy) is 1. The number of aliphatic hydroxyl groups is 1. The second kappa shape index (κ2) is 9.33. The Hall–Kier alpha value is -2.65. The van der Waals surface area contributed by atoms with Crippen LogP contribution in [-0.4, -0.2) is 45.4 Å². The SMILES string of the molecule is CS(=O)(=O)N(Cc1ccc(F)cc1)c1ccc(OCC(=O)NCCO)cc1. The van der Waals surface area contributed by atoms with Crippen LogP contribution in [0.5, 0.6) is 5.75 Å². The van der Waals surface area contributed by atoms with Gasteiger partial charge in [0.25, 0.3) is 5.91 Å². The first kappa shape index (κ1) is 20.7. The molecule has 0 radical (unpaired) electrons. The molecule has 2 aromatic carbocycles. The van der Waals surface area contributed by atoms with E-state index in [-0.39, 0.29) is 32.2 Å². The number of amides is 1. The standard InChI is InChI=1S/C18H21FN2O5S/c1-27(24,25)21(12-14-2-4-15(19)5-3-14)16-6-8-17(9-7-16)26-13-18(23)20-10-11-22/h2-9,22H,10-13H2,1H3,(H,20,23). The molecule has 0 saturated carbocycles. The largest absolute Gasteiger partial charge is 0.484 e. The van der Waals surface area contributed by atoms with E-state index in [0.29, 0.717) is 17.0 Å². The van der Waals surface area contributed by atoms with Gasteiger partial charge in [-0.1, -0.05) is 12.1 Å². The van der Waals surface area contributed by atoms with Crippen LogP contribution in [0, 0.1) is 5.82 Å². The lowest BCUT2D eigenvalue weighted by molar-refractivity contribution is -0.123. The van der Waals surface area contributed by atoms with Crippen molar-refractivity contribution in [1.82, 2.24) is 5.32 Å². The van der Waals surface area contributed by atoms with Crippen molar-refractivity contribution < 1.29 is 27.4 Å². The maximum atomic E-state index is 13.0. The molecule has 0 aliphatic heterocycles. The van der Waals surface area contributed by atoms with Crippen molar-refractivity contribution in [1.29, 1.82) is 0 Å². The third kappa shape index (κ3) is 6.54. The lowest BCUT2D eigenvalue weighted by Gasteiger charge is -2.22. The molecule has 0 heterocycles. The molecule has 0 fully saturated rings. The van der Waals surface area contributed by atoms with Gasteiger partial charge in [-0.3, -0.25) is 9.10 Å². The Morgan fingerprint density at radius 1 is 1.15 bits per heavy atom. The fraction of sp³-hybridized carbons (Fsp3) is 0.278. The van der Waals surface area contributed by atoms with E-state index in [2.05, 4.69) is 5.32 Å². The molecule has 0 saturated heterocycles. The molecule has 9 heteroatoms. The Morgan fingerprint density at radius 2 is 1.78 bits per heavy atom. The third-order valence-corrected chi connectivity index (χ3v) is 4.71. The number of carbonyl (C=O) groups is 1. The number of anilines is 1. The summed E-state index contributed by atoms with van der Waals surface area (Å²) in [5, 5.41) is 11.1. The van der Waals surface area contributed by atoms with Crippen LogP contribution in [0.2, 0.25) is 0 Å². The molecule has 2 aromatic rings. The van der Waals surface area contributed by atoms with Crippen molar-refractivity contribution in [2.75, 3.05) is 30.3 Å². The molecule has 2 rings (SSSR count). The quantitative estimate of drug-likeness (QED) is 0.666. The molecular formula is C18H21FN2O5S. The molecule has 0 aliphatic rings. The number of aliphatic hydroxyl groups excluding tert-OH is 1. The van der Waals surface area contributed by atoms with Crippen LogP contribution in [0.4, 0.5) is 10.1 Å². The molecule has 0 unspecified atom stereocenters. The van der Waals surface area contributed by atoms with Gasteiger partial charge in [0.2, 0.25) is 10.0 Å². The van der Waals surface area contributed by atoms with Crippen LogP contribution in [0.1, 0.15) is 5.56 Å². The zero-order chi connectivity index (χ0) is 19.9. The summed E-state index contributed by atoms with van der Waals surface area (Å²) in [6.45, 7) is -0.169. The molecule has 0 spiro atoms. The lowest BCUT2D eigenvalue weighted by atomic mass is 10.2. The van der Waals surface area contributed by atoms with E-state index in [1.165, 1.54) is 28.6 Å². The van der Waals surface area contributed by atoms with Gasteiger partial charge in [-0.25, -0.2) is 12.8 Å². The molecular weight excluding hydrogens is 375 g/mol. The summed E-state index contributed by atoms with van der Waals surface area (Å²) in [4.78, 5) is 11.4. The van der Waals surface area contributed by atoms with E-state index in [0.717, 1.165) is 6.26 Å². The summed E-state index contributed by atoms with van der Waals surface area (Å²) in [5.74, 6) is -0.371. The van der Waals surface area contributed by atoms with Crippen LogP contribution in [0.3, 0.4) is 0 Å². The number of benzene rings is 2. The maximum Gasteiger partial charge on any atom is 0.258 e. The van der Waals surface area contributed by atoms with Gasteiger partial charge in [-0.2, -0.15) is 0 Å². The van der Waals surface area contributed by atoms with Crippen LogP contribution < -0.4 is 14.4 Å². The topological polar surface area (TPSA) is 95.9 Å². The summed E-state index contributed by atoms with van der Waals surface area (Å²) in [6, 6.07) is 11.8. The minimum absolute atomic E-state index is 0.0584. The summed E-state index contributed by atoms with van der Waals surface area (Å²) >= 11 is 0. The number of carbonyl (C=O) groups excluding carboxylic acids is 1. The zero-order valence-electron chi connectivity index (χ0n) is 14.8. The Bertz CT molecular complexity index is 854. The molecule has 0 bridgehead atoms. The number of rotatable bonds is 9. The highest BCUT2D eigenvalue weighted by Gasteiger charge is 2.18. The highest BCUT2D eigenvalue weighted by atomic mass is 32.2. The summed E-state index contributed by atoms with van der Waals surface area (Å²) in [6.07, 6.45) is 1.09. The average Bonchev–Trinajstić information content (AvgIpc) is 2.64. The van der Waals surface area contributed by atoms with Crippen LogP contribution >= 0.6 is 0 Å². The minimum atomic E-state index is -3.56. The Kier molecular flexibility index (Phi) is 7.14. The van der Waals surface area contributed by atoms with Gasteiger partial charge in [0.1, 0.15) is 11.6 Å². The Morgan fingerprint density at radius 3 is 2.33 bits per heavy atom. The third-order valence-electron chi connectivity index (χ3n) is 3.57.